The van der Waals surface area contributed by atoms with Crippen LogP contribution >= 0.6 is 0 Å². The normalized spacial score (nSPS) is 11.6. The molecule has 0 bridgehead atoms. The number of nitrogens with one attached hydrogen (secondary N) is 1. The molecule has 1 N–H and O–H groups in total. The molecular formula is C18H23NO. The molecular weight excluding hydrogens is 246 g/mol. The molecule has 20 heavy (non-hydrogen) atoms. The molecule has 0 amide bonds. The highest BCUT2D eigenvalue weighted by Gasteiger charge is 2.08. The van der Waals surface area contributed by atoms with E-state index in [9.17, 15) is 0 Å². The van der Waals surface area contributed by atoms with Gasteiger partial charge in [-0.25, -0.2) is 0 Å². The van der Waals surface area contributed by atoms with Crippen LogP contribution in [0.3, 0.4) is 0 Å². The molecule has 0 spiro atoms. The van der Waals surface area contributed by atoms with Gasteiger partial charge in [-0.2, -0.15) is 0 Å². The number of allylic oxidation sites excluding steroid dienone is 1. The van der Waals surface area contributed by atoms with Crippen molar-refractivity contribution < 1.29 is 4.74 Å². The van der Waals surface area contributed by atoms with E-state index in [1.807, 2.05) is 19.1 Å². The Bertz CT molecular complexity index is 587. The highest BCUT2D eigenvalue weighted by atomic mass is 16.5. The maximum atomic E-state index is 5.89. The van der Waals surface area contributed by atoms with Gasteiger partial charge < -0.3 is 10.1 Å². The lowest BCUT2D eigenvalue weighted by Crippen LogP contribution is -2.22. The summed E-state index contributed by atoms with van der Waals surface area (Å²) >= 11 is 0. The average molecular weight is 269 g/mol. The second-order valence-electron chi connectivity index (χ2n) is 5.18. The lowest BCUT2D eigenvalue weighted by Gasteiger charge is -2.15. The summed E-state index contributed by atoms with van der Waals surface area (Å²) in [7, 11) is 0. The van der Waals surface area contributed by atoms with Crippen LogP contribution in [-0.2, 0) is 6.54 Å². The molecule has 2 nitrogen and oxygen atoms in total. The fraction of sp³-hybridized carbons (Fsp3) is 0.333. The van der Waals surface area contributed by atoms with Gasteiger partial charge in [0.25, 0.3) is 0 Å². The zero-order chi connectivity index (χ0) is 14.4. The molecule has 2 rings (SSSR count). The van der Waals surface area contributed by atoms with Crippen LogP contribution in [0.5, 0.6) is 5.75 Å². The van der Waals surface area contributed by atoms with Crippen LogP contribution in [0.1, 0.15) is 26.3 Å². The van der Waals surface area contributed by atoms with Gasteiger partial charge in [0.1, 0.15) is 12.4 Å². The number of hydrogen-bond donors (Lipinski definition) is 1. The van der Waals surface area contributed by atoms with Crippen molar-refractivity contribution in [1.29, 1.82) is 0 Å². The van der Waals surface area contributed by atoms with Gasteiger partial charge in [0.2, 0.25) is 0 Å². The number of ether oxygens (including phenoxy) is 1. The summed E-state index contributed by atoms with van der Waals surface area (Å²) in [4.78, 5) is 0. The fourth-order valence-corrected chi connectivity index (χ4v) is 2.17. The third-order valence-corrected chi connectivity index (χ3v) is 3.26. The van der Waals surface area contributed by atoms with Crippen molar-refractivity contribution in [3.8, 4) is 5.75 Å². The monoisotopic (exact) mass is 269 g/mol. The molecule has 0 heterocycles. The third kappa shape index (κ3) is 3.61. The van der Waals surface area contributed by atoms with Crippen LogP contribution in [0.2, 0.25) is 0 Å². The molecule has 0 saturated heterocycles. The van der Waals surface area contributed by atoms with E-state index in [2.05, 4.69) is 55.6 Å². The lowest BCUT2D eigenvalue weighted by molar-refractivity contribution is 0.357. The van der Waals surface area contributed by atoms with Crippen molar-refractivity contribution in [3.05, 3.63) is 54.1 Å². The molecule has 0 unspecified atom stereocenters. The Kier molecular flexibility index (Phi) is 5.19. The first kappa shape index (κ1) is 14.6. The molecule has 0 saturated carbocycles. The van der Waals surface area contributed by atoms with Crippen LogP contribution in [0.25, 0.3) is 10.8 Å². The van der Waals surface area contributed by atoms with Crippen molar-refractivity contribution >= 4 is 10.8 Å². The predicted octanol–water partition coefficient (Wildman–Crippen LogP) is 4.29. The third-order valence-electron chi connectivity index (χ3n) is 3.26. The second-order valence-corrected chi connectivity index (χ2v) is 5.18. The van der Waals surface area contributed by atoms with Crippen molar-refractivity contribution in [2.24, 2.45) is 0 Å². The van der Waals surface area contributed by atoms with Crippen LogP contribution in [0.4, 0.5) is 0 Å². The topological polar surface area (TPSA) is 21.3 Å². The number of hydrogen-bond acceptors (Lipinski definition) is 2. The first-order valence-corrected chi connectivity index (χ1v) is 7.20. The smallest absolute Gasteiger partial charge is 0.124 e. The Labute approximate surface area is 121 Å². The minimum absolute atomic E-state index is 0.456. The zero-order valence-corrected chi connectivity index (χ0v) is 12.5. The van der Waals surface area contributed by atoms with Crippen molar-refractivity contribution in [1.82, 2.24) is 5.32 Å². The summed E-state index contributed by atoms with van der Waals surface area (Å²) in [5.41, 5.74) is 1.24. The molecule has 0 fully saturated rings. The fourth-order valence-electron chi connectivity index (χ4n) is 2.17. The number of fused-ring (bicyclic) bond motifs is 1. The van der Waals surface area contributed by atoms with E-state index in [1.165, 1.54) is 16.3 Å². The molecule has 0 radical (unpaired) electrons. The highest BCUT2D eigenvalue weighted by Crippen LogP contribution is 2.28. The molecule has 0 aliphatic carbocycles. The minimum Gasteiger partial charge on any atom is -0.489 e. The quantitative estimate of drug-likeness (QED) is 0.790. The van der Waals surface area contributed by atoms with Crippen molar-refractivity contribution in [2.45, 2.75) is 33.4 Å². The number of benzene rings is 2. The summed E-state index contributed by atoms with van der Waals surface area (Å²) in [6.45, 7) is 7.76. The maximum Gasteiger partial charge on any atom is 0.124 e. The van der Waals surface area contributed by atoms with Gasteiger partial charge in [0.05, 0.1) is 0 Å². The molecule has 0 aliphatic heterocycles. The van der Waals surface area contributed by atoms with E-state index in [4.69, 9.17) is 4.74 Å². The SMILES string of the molecule is C/C=C/COc1ccc2ccccc2c1CNC(C)C. The van der Waals surface area contributed by atoms with Crippen LogP contribution in [0.15, 0.2) is 48.6 Å². The van der Waals surface area contributed by atoms with Gasteiger partial charge in [0, 0.05) is 18.2 Å². The summed E-state index contributed by atoms with van der Waals surface area (Å²) in [6.07, 6.45) is 4.03. The largest absolute Gasteiger partial charge is 0.489 e. The average Bonchev–Trinajstić information content (AvgIpc) is 2.45. The predicted molar refractivity (Wildman–Crippen MR) is 86.2 cm³/mol. The maximum absolute atomic E-state index is 5.89. The zero-order valence-electron chi connectivity index (χ0n) is 12.5. The van der Waals surface area contributed by atoms with E-state index in [0.717, 1.165) is 12.3 Å². The summed E-state index contributed by atoms with van der Waals surface area (Å²) in [6, 6.07) is 13.1. The van der Waals surface area contributed by atoms with Gasteiger partial charge >= 0.3 is 0 Å². The molecule has 0 aliphatic rings. The lowest BCUT2D eigenvalue weighted by atomic mass is 10.0. The van der Waals surface area contributed by atoms with E-state index >= 15 is 0 Å². The van der Waals surface area contributed by atoms with E-state index < -0.39 is 0 Å². The van der Waals surface area contributed by atoms with Gasteiger partial charge in [-0.15, -0.1) is 0 Å². The Morgan fingerprint density at radius 2 is 1.95 bits per heavy atom. The van der Waals surface area contributed by atoms with Gasteiger partial charge in [0.15, 0.2) is 0 Å². The Hall–Kier alpha value is -1.80. The first-order chi connectivity index (χ1) is 9.72. The molecule has 0 aromatic heterocycles. The molecule has 106 valence electrons. The van der Waals surface area contributed by atoms with E-state index in [-0.39, 0.29) is 0 Å². The van der Waals surface area contributed by atoms with Gasteiger partial charge in [-0.05, 0) is 23.8 Å². The van der Waals surface area contributed by atoms with Crippen LogP contribution < -0.4 is 10.1 Å². The summed E-state index contributed by atoms with van der Waals surface area (Å²) in [5, 5.41) is 6.01. The second kappa shape index (κ2) is 7.11. The summed E-state index contributed by atoms with van der Waals surface area (Å²) in [5.74, 6) is 0.968. The van der Waals surface area contributed by atoms with Crippen molar-refractivity contribution in [2.75, 3.05) is 6.61 Å². The standard InChI is InChI=1S/C18H23NO/c1-4-5-12-20-18-11-10-15-8-6-7-9-16(15)17(18)13-19-14(2)3/h4-11,14,19H,12-13H2,1-3H3/b5-4+. The minimum atomic E-state index is 0.456. The van der Waals surface area contributed by atoms with Crippen molar-refractivity contribution in [3.63, 3.8) is 0 Å². The van der Waals surface area contributed by atoms with Gasteiger partial charge in [-0.1, -0.05) is 56.3 Å². The Morgan fingerprint density at radius 1 is 1.15 bits per heavy atom. The van der Waals surface area contributed by atoms with Gasteiger partial charge in [-0.3, -0.25) is 0 Å². The van der Waals surface area contributed by atoms with E-state index in [0.29, 0.717) is 12.6 Å². The van der Waals surface area contributed by atoms with Crippen LogP contribution in [0, 0.1) is 0 Å². The Morgan fingerprint density at radius 3 is 2.70 bits per heavy atom. The Balaban J connectivity index is 2.36. The molecule has 2 aromatic carbocycles. The molecule has 2 heteroatoms. The first-order valence-electron chi connectivity index (χ1n) is 7.20. The molecule has 2 aromatic rings. The molecule has 0 atom stereocenters. The van der Waals surface area contributed by atoms with E-state index in [1.54, 1.807) is 0 Å². The number of rotatable bonds is 6. The van der Waals surface area contributed by atoms with Crippen LogP contribution in [-0.4, -0.2) is 12.6 Å². The highest BCUT2D eigenvalue weighted by molar-refractivity contribution is 5.87. The summed E-state index contributed by atoms with van der Waals surface area (Å²) < 4.78 is 5.89.